The van der Waals surface area contributed by atoms with Gasteiger partial charge in [-0.2, -0.15) is 0 Å². The van der Waals surface area contributed by atoms with Crippen molar-refractivity contribution in [2.45, 2.75) is 39.7 Å². The summed E-state index contributed by atoms with van der Waals surface area (Å²) in [4.78, 5) is 29.1. The molecule has 0 bridgehead atoms. The predicted octanol–water partition coefficient (Wildman–Crippen LogP) is 7.05. The first-order chi connectivity index (χ1) is 15.8. The molecule has 0 N–H and O–H groups in total. The standard InChI is InChI=1S/C28H24BrNO3/c1-15(2)18-8-10-19(11-9-18)25-24-26(31)22-12-16(3)17(4)13-23(22)33-27(24)28(32)30(25)21-7-5-6-20(29)14-21/h5-15,25H,1-4H3. The summed E-state index contributed by atoms with van der Waals surface area (Å²) < 4.78 is 6.98. The number of nitrogens with zero attached hydrogens (tertiary/aromatic N) is 1. The first kappa shape index (κ1) is 21.7. The molecular weight excluding hydrogens is 478 g/mol. The fraction of sp³-hybridized carbons (Fsp3) is 0.214. The zero-order chi connectivity index (χ0) is 23.4. The second-order valence-electron chi connectivity index (χ2n) is 8.99. The van der Waals surface area contributed by atoms with Gasteiger partial charge < -0.3 is 4.42 Å². The number of rotatable bonds is 3. The maximum absolute atomic E-state index is 13.8. The van der Waals surface area contributed by atoms with E-state index in [-0.39, 0.29) is 17.1 Å². The molecule has 0 radical (unpaired) electrons. The average Bonchev–Trinajstić information content (AvgIpc) is 3.08. The summed E-state index contributed by atoms with van der Waals surface area (Å²) in [5, 5.41) is 0.504. The first-order valence-corrected chi connectivity index (χ1v) is 11.8. The lowest BCUT2D eigenvalue weighted by Gasteiger charge is -2.25. The quantitative estimate of drug-likeness (QED) is 0.302. The number of hydrogen-bond donors (Lipinski definition) is 0. The van der Waals surface area contributed by atoms with Crippen molar-refractivity contribution in [1.82, 2.24) is 0 Å². The van der Waals surface area contributed by atoms with Gasteiger partial charge in [-0.1, -0.05) is 60.1 Å². The molecule has 5 heteroatoms. The van der Waals surface area contributed by atoms with E-state index in [2.05, 4.69) is 41.9 Å². The van der Waals surface area contributed by atoms with E-state index in [1.807, 2.05) is 62.4 Å². The van der Waals surface area contributed by atoms with Crippen molar-refractivity contribution < 1.29 is 9.21 Å². The van der Waals surface area contributed by atoms with Gasteiger partial charge in [-0.05, 0) is 72.4 Å². The fourth-order valence-electron chi connectivity index (χ4n) is 4.50. The van der Waals surface area contributed by atoms with E-state index in [1.165, 1.54) is 5.56 Å². The van der Waals surface area contributed by atoms with Gasteiger partial charge in [-0.3, -0.25) is 14.5 Å². The second kappa shape index (κ2) is 7.99. The van der Waals surface area contributed by atoms with Crippen LogP contribution < -0.4 is 10.3 Å². The Kier molecular flexibility index (Phi) is 5.25. The Morgan fingerprint density at radius 3 is 2.30 bits per heavy atom. The van der Waals surface area contributed by atoms with Gasteiger partial charge in [0.1, 0.15) is 5.58 Å². The number of carbonyl (C=O) groups is 1. The molecule has 1 aliphatic heterocycles. The summed E-state index contributed by atoms with van der Waals surface area (Å²) in [6.07, 6.45) is 0. The lowest BCUT2D eigenvalue weighted by molar-refractivity contribution is 0.0971. The zero-order valence-corrected chi connectivity index (χ0v) is 20.6. The highest BCUT2D eigenvalue weighted by Gasteiger charge is 2.43. The smallest absolute Gasteiger partial charge is 0.295 e. The molecule has 1 amide bonds. The van der Waals surface area contributed by atoms with Crippen LogP contribution in [0.25, 0.3) is 11.0 Å². The summed E-state index contributed by atoms with van der Waals surface area (Å²) in [5.41, 5.74) is 5.50. The van der Waals surface area contributed by atoms with E-state index < -0.39 is 6.04 Å². The van der Waals surface area contributed by atoms with Crippen molar-refractivity contribution >= 4 is 38.5 Å². The summed E-state index contributed by atoms with van der Waals surface area (Å²) in [5.74, 6) is 0.199. The SMILES string of the molecule is Cc1cc2oc3c(c(=O)c2cc1C)C(c1ccc(C(C)C)cc1)N(c1cccc(Br)c1)C3=O. The van der Waals surface area contributed by atoms with Crippen LogP contribution in [0.5, 0.6) is 0 Å². The zero-order valence-electron chi connectivity index (χ0n) is 19.0. The van der Waals surface area contributed by atoms with Crippen LogP contribution in [0.3, 0.4) is 0 Å². The number of benzene rings is 3. The van der Waals surface area contributed by atoms with Crippen LogP contribution in [-0.2, 0) is 0 Å². The van der Waals surface area contributed by atoms with E-state index in [9.17, 15) is 9.59 Å². The molecule has 0 saturated carbocycles. The Hall–Kier alpha value is -3.18. The van der Waals surface area contributed by atoms with Crippen LogP contribution in [0.2, 0.25) is 0 Å². The molecule has 0 aliphatic carbocycles. The summed E-state index contributed by atoms with van der Waals surface area (Å²) in [7, 11) is 0. The molecular formula is C28H24BrNO3. The van der Waals surface area contributed by atoms with Crippen LogP contribution in [0.4, 0.5) is 5.69 Å². The van der Waals surface area contributed by atoms with E-state index in [1.54, 1.807) is 4.90 Å². The summed E-state index contributed by atoms with van der Waals surface area (Å²) >= 11 is 3.51. The fourth-order valence-corrected chi connectivity index (χ4v) is 4.89. The normalized spacial score (nSPS) is 15.5. The molecule has 1 aliphatic rings. The lowest BCUT2D eigenvalue weighted by atomic mass is 9.94. The maximum atomic E-state index is 13.8. The minimum Gasteiger partial charge on any atom is -0.450 e. The Bertz CT molecular complexity index is 1470. The lowest BCUT2D eigenvalue weighted by Crippen LogP contribution is -2.29. The molecule has 0 spiro atoms. The van der Waals surface area contributed by atoms with Gasteiger partial charge in [0.15, 0.2) is 5.43 Å². The van der Waals surface area contributed by atoms with Crippen LogP contribution >= 0.6 is 15.9 Å². The Morgan fingerprint density at radius 1 is 0.939 bits per heavy atom. The molecule has 4 nitrogen and oxygen atoms in total. The molecule has 3 aromatic carbocycles. The Morgan fingerprint density at radius 2 is 1.64 bits per heavy atom. The molecule has 1 atom stereocenters. The third-order valence-corrected chi connectivity index (χ3v) is 6.98. The number of anilines is 1. The van der Waals surface area contributed by atoms with Crippen LogP contribution in [0.1, 0.15) is 64.2 Å². The van der Waals surface area contributed by atoms with Gasteiger partial charge in [0, 0.05) is 10.2 Å². The average molecular weight is 502 g/mol. The van der Waals surface area contributed by atoms with E-state index >= 15 is 0 Å². The van der Waals surface area contributed by atoms with Gasteiger partial charge in [0.25, 0.3) is 5.91 Å². The molecule has 0 fully saturated rings. The number of fused-ring (bicyclic) bond motifs is 2. The van der Waals surface area contributed by atoms with Gasteiger partial charge in [-0.15, -0.1) is 0 Å². The molecule has 33 heavy (non-hydrogen) atoms. The van der Waals surface area contributed by atoms with E-state index in [4.69, 9.17) is 4.42 Å². The van der Waals surface area contributed by atoms with Crippen molar-refractivity contribution in [2.24, 2.45) is 0 Å². The molecule has 1 aromatic heterocycles. The van der Waals surface area contributed by atoms with Crippen molar-refractivity contribution in [1.29, 1.82) is 0 Å². The van der Waals surface area contributed by atoms with Gasteiger partial charge in [0.05, 0.1) is 17.0 Å². The minimum atomic E-state index is -0.565. The van der Waals surface area contributed by atoms with Crippen molar-refractivity contribution in [3.05, 3.63) is 109 Å². The van der Waals surface area contributed by atoms with Crippen molar-refractivity contribution in [2.75, 3.05) is 4.90 Å². The second-order valence-corrected chi connectivity index (χ2v) is 9.90. The van der Waals surface area contributed by atoms with E-state index in [0.29, 0.717) is 28.1 Å². The largest absolute Gasteiger partial charge is 0.450 e. The first-order valence-electron chi connectivity index (χ1n) is 11.0. The van der Waals surface area contributed by atoms with Crippen LogP contribution in [-0.4, -0.2) is 5.91 Å². The number of hydrogen-bond acceptors (Lipinski definition) is 3. The number of aryl methyl sites for hydroxylation is 2. The maximum Gasteiger partial charge on any atom is 0.295 e. The van der Waals surface area contributed by atoms with Gasteiger partial charge in [0.2, 0.25) is 5.76 Å². The molecule has 2 heterocycles. The van der Waals surface area contributed by atoms with Crippen LogP contribution in [0.15, 0.2) is 74.3 Å². The summed E-state index contributed by atoms with van der Waals surface area (Å²) in [6, 6.07) is 18.9. The van der Waals surface area contributed by atoms with Crippen molar-refractivity contribution in [3.63, 3.8) is 0 Å². The molecule has 166 valence electrons. The van der Waals surface area contributed by atoms with E-state index in [0.717, 1.165) is 21.2 Å². The van der Waals surface area contributed by atoms with Crippen LogP contribution in [0, 0.1) is 13.8 Å². The highest BCUT2D eigenvalue weighted by atomic mass is 79.9. The molecule has 4 aromatic rings. The summed E-state index contributed by atoms with van der Waals surface area (Å²) in [6.45, 7) is 8.23. The number of amides is 1. The molecule has 1 unspecified atom stereocenters. The highest BCUT2D eigenvalue weighted by Crippen LogP contribution is 2.42. The predicted molar refractivity (Wildman–Crippen MR) is 135 cm³/mol. The molecule has 5 rings (SSSR count). The topological polar surface area (TPSA) is 50.5 Å². The number of halogens is 1. The highest BCUT2D eigenvalue weighted by molar-refractivity contribution is 9.10. The van der Waals surface area contributed by atoms with Crippen molar-refractivity contribution in [3.8, 4) is 0 Å². The Labute approximate surface area is 201 Å². The third-order valence-electron chi connectivity index (χ3n) is 6.49. The Balaban J connectivity index is 1.80. The van der Waals surface area contributed by atoms with Gasteiger partial charge >= 0.3 is 0 Å². The third kappa shape index (κ3) is 3.51. The van der Waals surface area contributed by atoms with Gasteiger partial charge in [-0.25, -0.2) is 0 Å². The monoisotopic (exact) mass is 501 g/mol. The molecule has 0 saturated heterocycles. The number of carbonyl (C=O) groups excluding carboxylic acids is 1. The minimum absolute atomic E-state index is 0.119.